The van der Waals surface area contributed by atoms with Crippen molar-refractivity contribution in [1.29, 1.82) is 0 Å². The van der Waals surface area contributed by atoms with Crippen LogP contribution in [0, 0.1) is 5.92 Å². The number of hydrogen-bond donors (Lipinski definition) is 1. The Morgan fingerprint density at radius 1 is 1.10 bits per heavy atom. The molecule has 1 aliphatic heterocycles. The van der Waals surface area contributed by atoms with Crippen LogP contribution in [0.2, 0.25) is 0 Å². The van der Waals surface area contributed by atoms with Crippen molar-refractivity contribution in [2.75, 3.05) is 13.1 Å². The molecule has 2 saturated carbocycles. The molecule has 0 unspecified atom stereocenters. The zero-order chi connectivity index (χ0) is 14.7. The Bertz CT molecular complexity index is 396. The molecule has 3 aliphatic rings. The fourth-order valence-electron chi connectivity index (χ4n) is 4.42. The third-order valence-corrected chi connectivity index (χ3v) is 5.66. The summed E-state index contributed by atoms with van der Waals surface area (Å²) in [5, 5.41) is 3.04. The van der Waals surface area contributed by atoms with Crippen molar-refractivity contribution in [3.8, 4) is 0 Å². The Kier molecular flexibility index (Phi) is 4.51. The quantitative estimate of drug-likeness (QED) is 0.866. The van der Waals surface area contributed by atoms with Crippen LogP contribution in [-0.2, 0) is 9.59 Å². The second-order valence-corrected chi connectivity index (χ2v) is 7.17. The molecule has 4 heteroatoms. The predicted octanol–water partition coefficient (Wildman–Crippen LogP) is 2.62. The number of amides is 2. The lowest BCUT2D eigenvalue weighted by Gasteiger charge is -2.32. The summed E-state index contributed by atoms with van der Waals surface area (Å²) in [6.07, 6.45) is 12.1. The highest BCUT2D eigenvalue weighted by atomic mass is 16.2. The van der Waals surface area contributed by atoms with Crippen LogP contribution in [0.1, 0.15) is 70.6 Å². The topological polar surface area (TPSA) is 49.4 Å². The van der Waals surface area contributed by atoms with E-state index in [1.165, 1.54) is 32.1 Å². The van der Waals surface area contributed by atoms with Crippen molar-refractivity contribution < 1.29 is 9.59 Å². The average Bonchev–Trinajstić information content (AvgIpc) is 3.11. The summed E-state index contributed by atoms with van der Waals surface area (Å²) in [5.74, 6) is 1.13. The summed E-state index contributed by atoms with van der Waals surface area (Å²) >= 11 is 0. The molecule has 0 radical (unpaired) electrons. The van der Waals surface area contributed by atoms with Gasteiger partial charge in [-0.3, -0.25) is 9.59 Å². The minimum absolute atomic E-state index is 0.0588. The van der Waals surface area contributed by atoms with Crippen LogP contribution < -0.4 is 5.32 Å². The van der Waals surface area contributed by atoms with Gasteiger partial charge < -0.3 is 10.2 Å². The standard InChI is InChI=1S/C17H28N2O2/c20-15-9-13-19(12-5-8-14-6-1-2-7-14)16(21)17(18-15)10-3-4-11-17/h14H,1-13H2,(H,18,20). The van der Waals surface area contributed by atoms with Crippen LogP contribution in [0.4, 0.5) is 0 Å². The summed E-state index contributed by atoms with van der Waals surface area (Å²) < 4.78 is 0. The van der Waals surface area contributed by atoms with Gasteiger partial charge in [-0.05, 0) is 31.6 Å². The first kappa shape index (κ1) is 14.9. The van der Waals surface area contributed by atoms with Crippen LogP contribution in [-0.4, -0.2) is 35.3 Å². The third-order valence-electron chi connectivity index (χ3n) is 5.66. The number of hydrogen-bond acceptors (Lipinski definition) is 2. The summed E-state index contributed by atoms with van der Waals surface area (Å²) in [5.41, 5.74) is -0.555. The van der Waals surface area contributed by atoms with Crippen LogP contribution >= 0.6 is 0 Å². The SMILES string of the molecule is O=C1CCN(CCCC2CCCC2)C(=O)C2(CCCC2)N1. The predicted molar refractivity (Wildman–Crippen MR) is 81.7 cm³/mol. The van der Waals surface area contributed by atoms with Crippen molar-refractivity contribution in [2.24, 2.45) is 5.92 Å². The van der Waals surface area contributed by atoms with E-state index in [-0.39, 0.29) is 11.8 Å². The molecule has 3 rings (SSSR count). The molecule has 1 heterocycles. The minimum atomic E-state index is -0.555. The molecule has 0 atom stereocenters. The van der Waals surface area contributed by atoms with Crippen molar-refractivity contribution in [3.05, 3.63) is 0 Å². The highest BCUT2D eigenvalue weighted by Gasteiger charge is 2.46. The zero-order valence-electron chi connectivity index (χ0n) is 13.0. The fourth-order valence-corrected chi connectivity index (χ4v) is 4.42. The largest absolute Gasteiger partial charge is 0.342 e. The van der Waals surface area contributed by atoms with Gasteiger partial charge in [0.2, 0.25) is 11.8 Å². The molecule has 2 aliphatic carbocycles. The van der Waals surface area contributed by atoms with Gasteiger partial charge in [-0.15, -0.1) is 0 Å². The Hall–Kier alpha value is -1.06. The van der Waals surface area contributed by atoms with E-state index >= 15 is 0 Å². The monoisotopic (exact) mass is 292 g/mol. The van der Waals surface area contributed by atoms with Gasteiger partial charge in [0.1, 0.15) is 5.54 Å². The molecule has 0 aromatic rings. The summed E-state index contributed by atoms with van der Waals surface area (Å²) in [6, 6.07) is 0. The first-order valence-electron chi connectivity index (χ1n) is 8.80. The van der Waals surface area contributed by atoms with Gasteiger partial charge in [-0.25, -0.2) is 0 Å². The highest BCUT2D eigenvalue weighted by Crippen LogP contribution is 2.33. The van der Waals surface area contributed by atoms with E-state index in [0.717, 1.165) is 44.6 Å². The number of rotatable bonds is 4. The maximum atomic E-state index is 12.9. The van der Waals surface area contributed by atoms with E-state index in [4.69, 9.17) is 0 Å². The normalized spacial score (nSPS) is 26.4. The summed E-state index contributed by atoms with van der Waals surface area (Å²) in [4.78, 5) is 26.8. The Morgan fingerprint density at radius 3 is 2.52 bits per heavy atom. The van der Waals surface area contributed by atoms with Gasteiger partial charge in [0.25, 0.3) is 0 Å². The maximum Gasteiger partial charge on any atom is 0.248 e. The van der Waals surface area contributed by atoms with E-state index in [1.807, 2.05) is 4.90 Å². The lowest BCUT2D eigenvalue weighted by Crippen LogP contribution is -2.55. The molecule has 0 aromatic carbocycles. The Balaban J connectivity index is 1.57. The maximum absolute atomic E-state index is 12.9. The molecule has 3 fully saturated rings. The van der Waals surface area contributed by atoms with Crippen LogP contribution in [0.15, 0.2) is 0 Å². The minimum Gasteiger partial charge on any atom is -0.342 e. The van der Waals surface area contributed by atoms with Crippen LogP contribution in [0.25, 0.3) is 0 Å². The Morgan fingerprint density at radius 2 is 1.81 bits per heavy atom. The molecule has 2 amide bonds. The van der Waals surface area contributed by atoms with Crippen molar-refractivity contribution >= 4 is 11.8 Å². The smallest absolute Gasteiger partial charge is 0.248 e. The number of carbonyl (C=O) groups excluding carboxylic acids is 2. The van der Waals surface area contributed by atoms with E-state index in [9.17, 15) is 9.59 Å². The van der Waals surface area contributed by atoms with Gasteiger partial charge in [0.15, 0.2) is 0 Å². The lowest BCUT2D eigenvalue weighted by molar-refractivity contribution is -0.138. The fraction of sp³-hybridized carbons (Fsp3) is 0.882. The van der Waals surface area contributed by atoms with Gasteiger partial charge in [-0.2, -0.15) is 0 Å². The zero-order valence-corrected chi connectivity index (χ0v) is 13.0. The molecule has 118 valence electrons. The molecule has 1 spiro atoms. The third kappa shape index (κ3) is 3.24. The van der Waals surface area contributed by atoms with Gasteiger partial charge >= 0.3 is 0 Å². The van der Waals surface area contributed by atoms with Crippen molar-refractivity contribution in [3.63, 3.8) is 0 Å². The van der Waals surface area contributed by atoms with Gasteiger partial charge in [-0.1, -0.05) is 38.5 Å². The first-order valence-corrected chi connectivity index (χ1v) is 8.80. The van der Waals surface area contributed by atoms with E-state index in [0.29, 0.717) is 13.0 Å². The van der Waals surface area contributed by atoms with E-state index in [2.05, 4.69) is 5.32 Å². The van der Waals surface area contributed by atoms with Gasteiger partial charge in [0.05, 0.1) is 0 Å². The second-order valence-electron chi connectivity index (χ2n) is 7.17. The lowest BCUT2D eigenvalue weighted by atomic mass is 9.95. The number of nitrogens with one attached hydrogen (secondary N) is 1. The van der Waals surface area contributed by atoms with Crippen molar-refractivity contribution in [1.82, 2.24) is 10.2 Å². The molecule has 1 N–H and O–H groups in total. The molecule has 4 nitrogen and oxygen atoms in total. The first-order chi connectivity index (χ1) is 10.2. The van der Waals surface area contributed by atoms with Crippen molar-refractivity contribution in [2.45, 2.75) is 76.2 Å². The molecular formula is C17H28N2O2. The van der Waals surface area contributed by atoms with Crippen LogP contribution in [0.5, 0.6) is 0 Å². The molecule has 21 heavy (non-hydrogen) atoms. The molecular weight excluding hydrogens is 264 g/mol. The number of carbonyl (C=O) groups is 2. The average molecular weight is 292 g/mol. The van der Waals surface area contributed by atoms with Crippen LogP contribution in [0.3, 0.4) is 0 Å². The molecule has 0 aromatic heterocycles. The summed E-state index contributed by atoms with van der Waals surface area (Å²) in [7, 11) is 0. The Labute approximate surface area is 127 Å². The van der Waals surface area contributed by atoms with Gasteiger partial charge in [0, 0.05) is 19.5 Å². The highest BCUT2D eigenvalue weighted by molar-refractivity contribution is 5.93. The van der Waals surface area contributed by atoms with E-state index in [1.54, 1.807) is 0 Å². The molecule has 1 saturated heterocycles. The summed E-state index contributed by atoms with van der Waals surface area (Å²) in [6.45, 7) is 1.45. The molecule has 0 bridgehead atoms. The number of nitrogens with zero attached hydrogens (tertiary/aromatic N) is 1. The van der Waals surface area contributed by atoms with E-state index < -0.39 is 5.54 Å². The second kappa shape index (κ2) is 6.37.